The van der Waals surface area contributed by atoms with Crippen LogP contribution in [-0.2, 0) is 10.5 Å². The smallest absolute Gasteiger partial charge is 0.413 e. The highest BCUT2D eigenvalue weighted by molar-refractivity contribution is 9.10. The fourth-order valence-corrected chi connectivity index (χ4v) is 4.75. The molecule has 0 bridgehead atoms. The molecule has 34 heavy (non-hydrogen) atoms. The Morgan fingerprint density at radius 1 is 1.18 bits per heavy atom. The number of carbonyl (C=O) groups excluding carboxylic acids is 2. The van der Waals surface area contributed by atoms with E-state index in [0.29, 0.717) is 27.8 Å². The predicted octanol–water partition coefficient (Wildman–Crippen LogP) is 5.66. The maximum absolute atomic E-state index is 13.6. The molecule has 1 atom stereocenters. The van der Waals surface area contributed by atoms with Crippen molar-refractivity contribution >= 4 is 73.8 Å². The van der Waals surface area contributed by atoms with Crippen molar-refractivity contribution in [3.63, 3.8) is 0 Å². The Morgan fingerprint density at radius 3 is 2.68 bits per heavy atom. The van der Waals surface area contributed by atoms with Crippen molar-refractivity contribution in [3.05, 3.63) is 85.8 Å². The van der Waals surface area contributed by atoms with Gasteiger partial charge >= 0.3 is 6.09 Å². The molecule has 1 aromatic heterocycles. The van der Waals surface area contributed by atoms with Crippen LogP contribution in [0.3, 0.4) is 0 Å². The van der Waals surface area contributed by atoms with Crippen molar-refractivity contribution in [3.8, 4) is 0 Å². The molecular formula is C23H15BrCl2N4O4. The zero-order chi connectivity index (χ0) is 24.2. The van der Waals surface area contributed by atoms with Crippen molar-refractivity contribution < 1.29 is 19.4 Å². The highest BCUT2D eigenvalue weighted by Gasteiger charge is 2.51. The third-order valence-corrected chi connectivity index (χ3v) is 6.77. The lowest BCUT2D eigenvalue weighted by Gasteiger charge is -2.35. The van der Waals surface area contributed by atoms with Gasteiger partial charge in [-0.2, -0.15) is 0 Å². The first-order valence-corrected chi connectivity index (χ1v) is 11.4. The number of anilines is 2. The molecule has 3 aromatic carbocycles. The van der Waals surface area contributed by atoms with E-state index in [1.165, 1.54) is 24.1 Å². The van der Waals surface area contributed by atoms with Crippen LogP contribution in [0.5, 0.6) is 0 Å². The van der Waals surface area contributed by atoms with Gasteiger partial charge in [0.15, 0.2) is 5.72 Å². The van der Waals surface area contributed by atoms with Crippen LogP contribution in [0.25, 0.3) is 11.0 Å². The minimum absolute atomic E-state index is 0.174. The lowest BCUT2D eigenvalue weighted by molar-refractivity contribution is 0.0704. The normalized spacial score (nSPS) is 17.2. The third kappa shape index (κ3) is 3.52. The summed E-state index contributed by atoms with van der Waals surface area (Å²) < 4.78 is 5.33. The molecule has 3 N–H and O–H groups in total. The number of nitrogens with one attached hydrogen (secondary N) is 2. The number of aliphatic hydroxyl groups is 1. The number of hydrogen-bond donors (Lipinski definition) is 3. The molecule has 0 spiro atoms. The number of methoxy groups -OCH3 is 1. The van der Waals surface area contributed by atoms with E-state index in [4.69, 9.17) is 23.2 Å². The van der Waals surface area contributed by atoms with Gasteiger partial charge in [0, 0.05) is 26.9 Å². The number of aromatic nitrogens is 2. The topological polar surface area (TPSA) is 108 Å². The highest BCUT2D eigenvalue weighted by atomic mass is 79.9. The highest BCUT2D eigenvalue weighted by Crippen LogP contribution is 2.47. The number of carbonyl (C=O) groups is 2. The van der Waals surface area contributed by atoms with Gasteiger partial charge in [-0.1, -0.05) is 51.3 Å². The molecule has 1 aliphatic heterocycles. The first-order chi connectivity index (χ1) is 16.2. The molecule has 4 aromatic rings. The van der Waals surface area contributed by atoms with E-state index in [2.05, 4.69) is 36.0 Å². The minimum atomic E-state index is -1.91. The largest absolute Gasteiger partial charge is 0.453 e. The van der Waals surface area contributed by atoms with E-state index in [0.717, 1.165) is 4.47 Å². The Labute approximate surface area is 211 Å². The van der Waals surface area contributed by atoms with Gasteiger partial charge in [0.25, 0.3) is 5.91 Å². The Kier molecular flexibility index (Phi) is 5.52. The molecule has 2 amide bonds. The maximum atomic E-state index is 13.6. The van der Waals surface area contributed by atoms with Crippen LogP contribution in [-0.4, -0.2) is 34.2 Å². The molecule has 1 unspecified atom stereocenters. The summed E-state index contributed by atoms with van der Waals surface area (Å²) in [4.78, 5) is 33.6. The van der Waals surface area contributed by atoms with Crippen LogP contribution in [0, 0.1) is 0 Å². The molecule has 8 nitrogen and oxygen atoms in total. The lowest BCUT2D eigenvalue weighted by atomic mass is 9.93. The average molecular weight is 562 g/mol. The summed E-state index contributed by atoms with van der Waals surface area (Å²) in [5.41, 5.74) is 0.505. The van der Waals surface area contributed by atoms with Crippen LogP contribution in [0.1, 0.15) is 21.5 Å². The molecule has 0 radical (unpaired) electrons. The first kappa shape index (κ1) is 22.7. The fourth-order valence-electron chi connectivity index (χ4n) is 4.04. The van der Waals surface area contributed by atoms with Crippen LogP contribution >= 0.6 is 39.1 Å². The molecule has 11 heteroatoms. The molecule has 1 aliphatic rings. The fraction of sp³-hybridized carbons (Fsp3) is 0.0870. The van der Waals surface area contributed by atoms with E-state index >= 15 is 0 Å². The summed E-state index contributed by atoms with van der Waals surface area (Å²) in [6.07, 6.45) is -0.680. The van der Waals surface area contributed by atoms with Crippen molar-refractivity contribution in [2.75, 3.05) is 17.3 Å². The number of H-pyrrole nitrogens is 1. The summed E-state index contributed by atoms with van der Waals surface area (Å²) in [5.74, 6) is -0.264. The monoisotopic (exact) mass is 560 g/mol. The van der Waals surface area contributed by atoms with Crippen LogP contribution in [0.4, 0.5) is 16.4 Å². The van der Waals surface area contributed by atoms with Gasteiger partial charge in [0.1, 0.15) is 0 Å². The molecule has 0 saturated heterocycles. The van der Waals surface area contributed by atoms with E-state index in [1.54, 1.807) is 36.4 Å². The van der Waals surface area contributed by atoms with Crippen molar-refractivity contribution in [2.24, 2.45) is 0 Å². The summed E-state index contributed by atoms with van der Waals surface area (Å²) >= 11 is 15.9. The summed E-state index contributed by atoms with van der Waals surface area (Å²) in [6.45, 7) is 0. The maximum Gasteiger partial charge on any atom is 0.413 e. The average Bonchev–Trinajstić information content (AvgIpc) is 3.30. The number of amides is 2. The molecule has 5 rings (SSSR count). The van der Waals surface area contributed by atoms with Crippen molar-refractivity contribution in [1.29, 1.82) is 0 Å². The zero-order valence-electron chi connectivity index (χ0n) is 17.4. The molecule has 0 aliphatic carbocycles. The van der Waals surface area contributed by atoms with E-state index in [9.17, 15) is 14.7 Å². The lowest BCUT2D eigenvalue weighted by Crippen LogP contribution is -2.45. The Balaban J connectivity index is 1.72. The Hall–Kier alpha value is -3.11. The van der Waals surface area contributed by atoms with Crippen LogP contribution in [0.15, 0.2) is 59.1 Å². The van der Waals surface area contributed by atoms with Gasteiger partial charge in [-0.05, 0) is 42.5 Å². The van der Waals surface area contributed by atoms with Crippen molar-refractivity contribution in [1.82, 2.24) is 9.97 Å². The van der Waals surface area contributed by atoms with Gasteiger partial charge < -0.3 is 14.8 Å². The number of benzene rings is 3. The zero-order valence-corrected chi connectivity index (χ0v) is 20.5. The quantitative estimate of drug-likeness (QED) is 0.299. The van der Waals surface area contributed by atoms with E-state index in [1.807, 2.05) is 6.07 Å². The number of halogens is 3. The molecule has 172 valence electrons. The summed E-state index contributed by atoms with van der Waals surface area (Å²) in [6, 6.07) is 15.0. The van der Waals surface area contributed by atoms with E-state index < -0.39 is 17.7 Å². The summed E-state index contributed by atoms with van der Waals surface area (Å²) in [7, 11) is 1.24. The Bertz CT molecular complexity index is 1490. The van der Waals surface area contributed by atoms with Crippen LogP contribution < -0.4 is 10.2 Å². The summed E-state index contributed by atoms with van der Waals surface area (Å²) in [5, 5.41) is 15.1. The van der Waals surface area contributed by atoms with Gasteiger partial charge in [-0.25, -0.2) is 9.78 Å². The number of fused-ring (bicyclic) bond motifs is 2. The second-order valence-corrected chi connectivity index (χ2v) is 9.27. The number of aromatic amines is 1. The second-order valence-electron chi connectivity index (χ2n) is 7.54. The number of hydrogen-bond acceptors (Lipinski definition) is 5. The van der Waals surface area contributed by atoms with Gasteiger partial charge in [-0.15, -0.1) is 0 Å². The predicted molar refractivity (Wildman–Crippen MR) is 133 cm³/mol. The standard InChI is InChI=1S/C23H15BrCl2N4O4/c1-34-22(32)29-21-27-18-6-5-11(7-19(18)28-21)23(33)15-10-17(26)16(25)9-14(15)20(31)30(23)13-4-2-3-12(24)8-13/h2-10,33H,1H3,(H2,27,28,29,32). The van der Waals surface area contributed by atoms with E-state index in [-0.39, 0.29) is 21.6 Å². The first-order valence-electron chi connectivity index (χ1n) is 9.89. The molecule has 0 fully saturated rings. The Morgan fingerprint density at radius 2 is 1.94 bits per heavy atom. The van der Waals surface area contributed by atoms with Crippen LogP contribution in [0.2, 0.25) is 10.0 Å². The van der Waals surface area contributed by atoms with Gasteiger partial charge in [-0.3, -0.25) is 15.0 Å². The SMILES string of the molecule is COC(=O)Nc1nc2ccc(C3(O)c4cc(Cl)c(Cl)cc4C(=O)N3c3cccc(Br)c3)cc2[nH]1. The number of imidazole rings is 1. The molecular weight excluding hydrogens is 547 g/mol. The molecule has 0 saturated carbocycles. The van der Waals surface area contributed by atoms with Gasteiger partial charge in [0.05, 0.1) is 28.2 Å². The third-order valence-electron chi connectivity index (χ3n) is 5.55. The second kappa shape index (κ2) is 8.28. The number of rotatable bonds is 3. The van der Waals surface area contributed by atoms with Crippen molar-refractivity contribution in [2.45, 2.75) is 5.72 Å². The number of ether oxygens (including phenoxy) is 1. The number of nitrogens with zero attached hydrogens (tertiary/aromatic N) is 2. The molecule has 2 heterocycles. The van der Waals surface area contributed by atoms with Gasteiger partial charge in [0.2, 0.25) is 5.95 Å². The minimum Gasteiger partial charge on any atom is -0.453 e.